The van der Waals surface area contributed by atoms with Gasteiger partial charge in [0.05, 0.1) is 24.5 Å². The molecule has 28 heavy (non-hydrogen) atoms. The molecule has 7 heteroatoms. The van der Waals surface area contributed by atoms with E-state index in [0.717, 1.165) is 18.4 Å². The fourth-order valence-electron chi connectivity index (χ4n) is 4.21. The maximum Gasteiger partial charge on any atom is 0.329 e. The first-order chi connectivity index (χ1) is 13.7. The van der Waals surface area contributed by atoms with E-state index in [0.29, 0.717) is 17.7 Å². The fourth-order valence-corrected chi connectivity index (χ4v) is 4.21. The molecule has 1 saturated carbocycles. The Labute approximate surface area is 164 Å². The minimum Gasteiger partial charge on any atom is -0.465 e. The molecule has 7 nitrogen and oxygen atoms in total. The van der Waals surface area contributed by atoms with Gasteiger partial charge >= 0.3 is 12.0 Å². The molecule has 1 aromatic carbocycles. The molecule has 2 aliphatic rings. The summed E-state index contributed by atoms with van der Waals surface area (Å²) in [6.45, 7) is 2.07. The van der Waals surface area contributed by atoms with E-state index in [4.69, 9.17) is 4.74 Å². The maximum atomic E-state index is 12.9. The molecule has 4 rings (SSSR count). The molecule has 0 saturated heterocycles. The summed E-state index contributed by atoms with van der Waals surface area (Å²) < 4.78 is 6.83. The predicted molar refractivity (Wildman–Crippen MR) is 105 cm³/mol. The number of amides is 1. The number of nitrogens with one attached hydrogen (secondary N) is 2. The third-order valence-corrected chi connectivity index (χ3v) is 5.56. The van der Waals surface area contributed by atoms with Crippen molar-refractivity contribution >= 4 is 17.9 Å². The standard InChI is InChI=1S/C21H26N4O3/c1-2-28-19(26)17-16-13-22-20(23-15-11-7-4-8-12-15)25(16)21(27)24-18(17)14-9-5-3-6-10-14/h3,5-6,9-10,13,15,17-18H,2,4,7-8,11-12H2,1H3,(H,22,23)(H,24,27). The lowest BCUT2D eigenvalue weighted by atomic mass is 9.89. The van der Waals surface area contributed by atoms with E-state index in [1.165, 1.54) is 23.8 Å². The Bertz CT molecular complexity index is 843. The normalized spacial score (nSPS) is 22.2. The Morgan fingerprint density at radius 1 is 1.25 bits per heavy atom. The zero-order valence-electron chi connectivity index (χ0n) is 16.1. The summed E-state index contributed by atoms with van der Waals surface area (Å²) in [7, 11) is 0. The second-order valence-corrected chi connectivity index (χ2v) is 7.39. The molecular formula is C21H26N4O3. The van der Waals surface area contributed by atoms with Crippen LogP contribution in [0.5, 0.6) is 0 Å². The van der Waals surface area contributed by atoms with Crippen LogP contribution in [0.4, 0.5) is 10.7 Å². The number of imidazole rings is 1. The molecule has 1 aliphatic carbocycles. The van der Waals surface area contributed by atoms with Crippen LogP contribution in [0.1, 0.15) is 62.2 Å². The van der Waals surface area contributed by atoms with Crippen molar-refractivity contribution in [2.75, 3.05) is 11.9 Å². The van der Waals surface area contributed by atoms with Gasteiger partial charge in [-0.15, -0.1) is 0 Å². The average molecular weight is 382 g/mol. The van der Waals surface area contributed by atoms with E-state index in [1.807, 2.05) is 30.3 Å². The van der Waals surface area contributed by atoms with Gasteiger partial charge in [0, 0.05) is 6.04 Å². The minimum absolute atomic E-state index is 0.278. The second kappa shape index (κ2) is 8.04. The summed E-state index contributed by atoms with van der Waals surface area (Å²) in [5.41, 5.74) is 1.43. The van der Waals surface area contributed by atoms with Gasteiger partial charge in [-0.1, -0.05) is 49.6 Å². The SMILES string of the molecule is CCOC(=O)C1c2cnc(NC3CCCCC3)n2C(=O)NC1c1ccccc1. The molecule has 0 radical (unpaired) electrons. The van der Waals surface area contributed by atoms with Crippen molar-refractivity contribution in [2.45, 2.75) is 57.0 Å². The number of nitrogens with zero attached hydrogens (tertiary/aromatic N) is 2. The average Bonchev–Trinajstić information content (AvgIpc) is 3.13. The van der Waals surface area contributed by atoms with Gasteiger partial charge in [-0.3, -0.25) is 4.79 Å². The van der Waals surface area contributed by atoms with E-state index < -0.39 is 12.0 Å². The summed E-state index contributed by atoms with van der Waals surface area (Å²) >= 11 is 0. The van der Waals surface area contributed by atoms with Crippen molar-refractivity contribution < 1.29 is 14.3 Å². The van der Waals surface area contributed by atoms with Crippen molar-refractivity contribution in [2.24, 2.45) is 0 Å². The van der Waals surface area contributed by atoms with Crippen LogP contribution in [0.3, 0.4) is 0 Å². The van der Waals surface area contributed by atoms with Gasteiger partial charge in [-0.05, 0) is 25.3 Å². The lowest BCUT2D eigenvalue weighted by Crippen LogP contribution is -2.45. The summed E-state index contributed by atoms with van der Waals surface area (Å²) in [5, 5.41) is 6.39. The third kappa shape index (κ3) is 3.48. The Kier molecular flexibility index (Phi) is 5.32. The number of fused-ring (bicyclic) bond motifs is 1. The molecule has 2 N–H and O–H groups in total. The first kappa shape index (κ1) is 18.5. The topological polar surface area (TPSA) is 85.2 Å². The van der Waals surface area contributed by atoms with Crippen molar-refractivity contribution in [3.8, 4) is 0 Å². The molecule has 2 heterocycles. The van der Waals surface area contributed by atoms with E-state index in [1.54, 1.807) is 13.1 Å². The number of ether oxygens (including phenoxy) is 1. The van der Waals surface area contributed by atoms with E-state index in [9.17, 15) is 9.59 Å². The number of hydrogen-bond acceptors (Lipinski definition) is 5. The van der Waals surface area contributed by atoms with Gasteiger partial charge in [-0.25, -0.2) is 14.3 Å². The first-order valence-corrected chi connectivity index (χ1v) is 10.1. The highest BCUT2D eigenvalue weighted by Gasteiger charge is 2.42. The number of benzene rings is 1. The van der Waals surface area contributed by atoms with Crippen molar-refractivity contribution in [3.63, 3.8) is 0 Å². The lowest BCUT2D eigenvalue weighted by molar-refractivity contribution is -0.146. The number of carbonyl (C=O) groups excluding carboxylic acids is 2. The molecule has 2 aromatic rings. The number of carbonyl (C=O) groups is 2. The molecule has 1 fully saturated rings. The van der Waals surface area contributed by atoms with Crippen LogP contribution in [0.15, 0.2) is 36.5 Å². The zero-order valence-corrected chi connectivity index (χ0v) is 16.1. The largest absolute Gasteiger partial charge is 0.465 e. The summed E-state index contributed by atoms with van der Waals surface area (Å²) in [5.74, 6) is -0.503. The lowest BCUT2D eigenvalue weighted by Gasteiger charge is -2.33. The van der Waals surface area contributed by atoms with Crippen molar-refractivity contribution in [3.05, 3.63) is 47.8 Å². The van der Waals surface area contributed by atoms with Crippen LogP contribution in [-0.4, -0.2) is 34.2 Å². The third-order valence-electron chi connectivity index (χ3n) is 5.56. The molecule has 148 valence electrons. The second-order valence-electron chi connectivity index (χ2n) is 7.39. The molecule has 0 spiro atoms. The molecule has 1 aliphatic heterocycles. The number of rotatable bonds is 5. The van der Waals surface area contributed by atoms with Crippen molar-refractivity contribution in [1.82, 2.24) is 14.9 Å². The van der Waals surface area contributed by atoms with Gasteiger partial charge in [0.2, 0.25) is 5.95 Å². The van der Waals surface area contributed by atoms with E-state index in [2.05, 4.69) is 15.6 Å². The van der Waals surface area contributed by atoms with Crippen LogP contribution >= 0.6 is 0 Å². The Hall–Kier alpha value is -2.83. The smallest absolute Gasteiger partial charge is 0.329 e. The Morgan fingerprint density at radius 2 is 2.00 bits per heavy atom. The number of hydrogen-bond donors (Lipinski definition) is 2. The number of esters is 1. The maximum absolute atomic E-state index is 12.9. The van der Waals surface area contributed by atoms with Crippen LogP contribution in [0, 0.1) is 0 Å². The molecule has 1 amide bonds. The molecule has 2 unspecified atom stereocenters. The molecule has 2 atom stereocenters. The molecular weight excluding hydrogens is 356 g/mol. The molecule has 0 bridgehead atoms. The monoisotopic (exact) mass is 382 g/mol. The minimum atomic E-state index is -0.644. The van der Waals surface area contributed by atoms with Gasteiger partial charge < -0.3 is 15.4 Å². The summed E-state index contributed by atoms with van der Waals surface area (Å²) in [6, 6.07) is 9.05. The van der Waals surface area contributed by atoms with Gasteiger partial charge in [0.25, 0.3) is 0 Å². The predicted octanol–water partition coefficient (Wildman–Crippen LogP) is 3.59. The van der Waals surface area contributed by atoms with Crippen LogP contribution in [0.25, 0.3) is 0 Å². The quantitative estimate of drug-likeness (QED) is 0.772. The summed E-state index contributed by atoms with van der Waals surface area (Å²) in [4.78, 5) is 30.2. The van der Waals surface area contributed by atoms with Gasteiger partial charge in [0.15, 0.2) is 0 Å². The van der Waals surface area contributed by atoms with E-state index >= 15 is 0 Å². The van der Waals surface area contributed by atoms with Gasteiger partial charge in [0.1, 0.15) is 5.92 Å². The highest BCUT2D eigenvalue weighted by Crippen LogP contribution is 2.37. The first-order valence-electron chi connectivity index (χ1n) is 10.1. The highest BCUT2D eigenvalue weighted by atomic mass is 16.5. The van der Waals surface area contributed by atoms with E-state index in [-0.39, 0.29) is 18.6 Å². The van der Waals surface area contributed by atoms with Crippen molar-refractivity contribution in [1.29, 1.82) is 0 Å². The van der Waals surface area contributed by atoms with Crippen LogP contribution < -0.4 is 10.6 Å². The number of aromatic nitrogens is 2. The van der Waals surface area contributed by atoms with Crippen LogP contribution in [-0.2, 0) is 9.53 Å². The zero-order chi connectivity index (χ0) is 19.5. The van der Waals surface area contributed by atoms with Gasteiger partial charge in [-0.2, -0.15) is 0 Å². The fraction of sp³-hybridized carbons (Fsp3) is 0.476. The Morgan fingerprint density at radius 3 is 2.71 bits per heavy atom. The highest BCUT2D eigenvalue weighted by molar-refractivity contribution is 5.89. The number of anilines is 1. The summed E-state index contributed by atoms with van der Waals surface area (Å²) in [6.07, 6.45) is 7.37. The molecule has 1 aromatic heterocycles. The Balaban J connectivity index is 1.69. The van der Waals surface area contributed by atoms with Crippen LogP contribution in [0.2, 0.25) is 0 Å².